The molecule has 1 aliphatic heterocycles. The predicted octanol–water partition coefficient (Wildman–Crippen LogP) is 1.60. The summed E-state index contributed by atoms with van der Waals surface area (Å²) in [5, 5.41) is 2.14. The summed E-state index contributed by atoms with van der Waals surface area (Å²) in [4.78, 5) is 2.62. The van der Waals surface area contributed by atoms with Crippen LogP contribution >= 0.6 is 11.6 Å². The van der Waals surface area contributed by atoms with E-state index in [9.17, 15) is 8.42 Å². The molecule has 1 heterocycles. The van der Waals surface area contributed by atoms with Gasteiger partial charge in [-0.1, -0.05) is 18.0 Å². The highest BCUT2D eigenvalue weighted by molar-refractivity contribution is 7.89. The minimum atomic E-state index is -3.62. The summed E-state index contributed by atoms with van der Waals surface area (Å²) in [6.45, 7) is 1.46. The Hall–Kier alpha value is -0.820. The second-order valence-electron chi connectivity index (χ2n) is 4.32. The maximum absolute atomic E-state index is 12.2. The number of sulfonamides is 1. The van der Waals surface area contributed by atoms with Crippen LogP contribution in [0.5, 0.6) is 0 Å². The fraction of sp³-hybridized carbons (Fsp3) is 0.455. The lowest BCUT2D eigenvalue weighted by Crippen LogP contribution is -2.45. The van der Waals surface area contributed by atoms with Crippen LogP contribution in [0.4, 0.5) is 5.69 Å². The Labute approximate surface area is 112 Å². The molecule has 100 valence electrons. The van der Waals surface area contributed by atoms with Crippen molar-refractivity contribution >= 4 is 27.3 Å². The van der Waals surface area contributed by atoms with Crippen LogP contribution in [0.1, 0.15) is 19.3 Å². The zero-order valence-electron chi connectivity index (χ0n) is 9.89. The van der Waals surface area contributed by atoms with Gasteiger partial charge in [-0.2, -0.15) is 0 Å². The number of nitrogens with two attached hydrogens (primary N) is 1. The molecule has 2 rings (SSSR count). The first-order chi connectivity index (χ1) is 8.49. The predicted molar refractivity (Wildman–Crippen MR) is 71.6 cm³/mol. The van der Waals surface area contributed by atoms with Gasteiger partial charge in [-0.05, 0) is 31.0 Å². The number of nitrogens with one attached hydrogen (secondary N) is 1. The number of piperidine rings is 1. The van der Waals surface area contributed by atoms with Gasteiger partial charge >= 0.3 is 0 Å². The molecule has 0 unspecified atom stereocenters. The van der Waals surface area contributed by atoms with E-state index in [0.717, 1.165) is 32.4 Å². The molecular weight excluding hydrogens is 274 g/mol. The molecule has 7 heteroatoms. The molecule has 1 aromatic rings. The van der Waals surface area contributed by atoms with E-state index in [1.54, 1.807) is 5.01 Å². The first-order valence-corrected chi connectivity index (χ1v) is 7.67. The fourth-order valence-electron chi connectivity index (χ4n) is 1.97. The van der Waals surface area contributed by atoms with Gasteiger partial charge in [-0.25, -0.2) is 13.4 Å². The van der Waals surface area contributed by atoms with Crippen LogP contribution in [-0.4, -0.2) is 26.5 Å². The number of hydrogen-bond donors (Lipinski definition) is 2. The van der Waals surface area contributed by atoms with Gasteiger partial charge in [-0.3, -0.25) is 0 Å². The fourth-order valence-corrected chi connectivity index (χ4v) is 3.39. The van der Waals surface area contributed by atoms with Crippen molar-refractivity contribution in [1.82, 2.24) is 9.84 Å². The van der Waals surface area contributed by atoms with Gasteiger partial charge in [0.25, 0.3) is 10.0 Å². The molecule has 0 aliphatic carbocycles. The summed E-state index contributed by atoms with van der Waals surface area (Å²) >= 11 is 5.75. The second-order valence-corrected chi connectivity index (χ2v) is 6.39. The number of hydrazine groups is 1. The number of anilines is 1. The minimum absolute atomic E-state index is 0.0671. The van der Waals surface area contributed by atoms with Crippen molar-refractivity contribution in [2.24, 2.45) is 0 Å². The summed E-state index contributed by atoms with van der Waals surface area (Å²) in [6.07, 6.45) is 3.14. The summed E-state index contributed by atoms with van der Waals surface area (Å²) in [7, 11) is -3.62. The third-order valence-electron chi connectivity index (χ3n) is 2.87. The number of nitrogens with zero attached hydrogens (tertiary/aromatic N) is 1. The van der Waals surface area contributed by atoms with Crippen LogP contribution in [0.25, 0.3) is 0 Å². The van der Waals surface area contributed by atoms with E-state index in [1.807, 2.05) is 0 Å². The van der Waals surface area contributed by atoms with Crippen molar-refractivity contribution in [1.29, 1.82) is 0 Å². The van der Waals surface area contributed by atoms with Gasteiger partial charge in [0.05, 0.1) is 5.69 Å². The highest BCUT2D eigenvalue weighted by atomic mass is 35.5. The molecule has 0 radical (unpaired) electrons. The molecular formula is C11H16ClN3O2S. The monoisotopic (exact) mass is 289 g/mol. The lowest BCUT2D eigenvalue weighted by molar-refractivity contribution is 0.200. The van der Waals surface area contributed by atoms with Crippen LogP contribution in [0.15, 0.2) is 23.1 Å². The summed E-state index contributed by atoms with van der Waals surface area (Å²) in [5.74, 6) is 0. The van der Waals surface area contributed by atoms with Crippen LogP contribution in [0.3, 0.4) is 0 Å². The molecule has 0 saturated carbocycles. The number of rotatable bonds is 3. The normalized spacial score (nSPS) is 17.8. The Balaban J connectivity index is 2.19. The van der Waals surface area contributed by atoms with Crippen molar-refractivity contribution in [2.45, 2.75) is 24.2 Å². The first-order valence-electron chi connectivity index (χ1n) is 5.81. The highest BCUT2D eigenvalue weighted by Crippen LogP contribution is 2.22. The molecule has 0 spiro atoms. The summed E-state index contributed by atoms with van der Waals surface area (Å²) < 4.78 is 24.3. The van der Waals surface area contributed by atoms with Crippen molar-refractivity contribution in [3.05, 3.63) is 23.2 Å². The summed E-state index contributed by atoms with van der Waals surface area (Å²) in [6, 6.07) is 4.37. The third kappa shape index (κ3) is 3.14. The average Bonchev–Trinajstić information content (AvgIpc) is 2.29. The van der Waals surface area contributed by atoms with Crippen LogP contribution in [-0.2, 0) is 10.0 Å². The van der Waals surface area contributed by atoms with E-state index >= 15 is 0 Å². The smallest absolute Gasteiger partial charge is 0.255 e. The maximum atomic E-state index is 12.2. The largest absolute Gasteiger partial charge is 0.398 e. The SMILES string of the molecule is Nc1cc(Cl)ccc1S(=O)(=O)NN1CCCCC1. The van der Waals surface area contributed by atoms with Gasteiger partial charge in [0.2, 0.25) is 0 Å². The zero-order chi connectivity index (χ0) is 13.2. The van der Waals surface area contributed by atoms with Crippen molar-refractivity contribution in [2.75, 3.05) is 18.8 Å². The van der Waals surface area contributed by atoms with E-state index in [4.69, 9.17) is 17.3 Å². The number of halogens is 1. The van der Waals surface area contributed by atoms with Gasteiger partial charge in [0.15, 0.2) is 0 Å². The lowest BCUT2D eigenvalue weighted by Gasteiger charge is -2.26. The second kappa shape index (κ2) is 5.44. The topological polar surface area (TPSA) is 75.4 Å². The molecule has 5 nitrogen and oxygen atoms in total. The number of nitrogen functional groups attached to an aromatic ring is 1. The molecule has 0 amide bonds. The van der Waals surface area contributed by atoms with Gasteiger partial charge in [-0.15, -0.1) is 4.83 Å². The standard InChI is InChI=1S/C11H16ClN3O2S/c12-9-4-5-11(10(13)8-9)18(16,17)14-15-6-2-1-3-7-15/h4-5,8,14H,1-3,6-7,13H2. The average molecular weight is 290 g/mol. The van der Waals surface area contributed by atoms with Crippen LogP contribution in [0.2, 0.25) is 5.02 Å². The van der Waals surface area contributed by atoms with E-state index in [0.29, 0.717) is 5.02 Å². The Morgan fingerprint density at radius 3 is 2.50 bits per heavy atom. The lowest BCUT2D eigenvalue weighted by atomic mass is 10.2. The molecule has 1 aliphatic rings. The van der Waals surface area contributed by atoms with Crippen molar-refractivity contribution in [3.63, 3.8) is 0 Å². The molecule has 0 aromatic heterocycles. The van der Waals surface area contributed by atoms with Gasteiger partial charge in [0, 0.05) is 18.1 Å². The number of hydrogen-bond acceptors (Lipinski definition) is 4. The van der Waals surface area contributed by atoms with E-state index < -0.39 is 10.0 Å². The number of benzene rings is 1. The molecule has 1 fully saturated rings. The minimum Gasteiger partial charge on any atom is -0.398 e. The maximum Gasteiger partial charge on any atom is 0.255 e. The van der Waals surface area contributed by atoms with Gasteiger partial charge < -0.3 is 5.73 Å². The van der Waals surface area contributed by atoms with Crippen LogP contribution in [0, 0.1) is 0 Å². The van der Waals surface area contributed by atoms with E-state index in [-0.39, 0.29) is 10.6 Å². The Morgan fingerprint density at radius 2 is 1.89 bits per heavy atom. The first kappa shape index (κ1) is 13.6. The molecule has 1 saturated heterocycles. The molecule has 0 bridgehead atoms. The quantitative estimate of drug-likeness (QED) is 0.829. The molecule has 3 N–H and O–H groups in total. The van der Waals surface area contributed by atoms with Crippen LogP contribution < -0.4 is 10.6 Å². The third-order valence-corrected chi connectivity index (χ3v) is 4.55. The van der Waals surface area contributed by atoms with Crippen molar-refractivity contribution < 1.29 is 8.42 Å². The zero-order valence-corrected chi connectivity index (χ0v) is 11.5. The molecule has 18 heavy (non-hydrogen) atoms. The summed E-state index contributed by atoms with van der Waals surface area (Å²) in [5.41, 5.74) is 5.85. The van der Waals surface area contributed by atoms with Gasteiger partial charge in [0.1, 0.15) is 4.90 Å². The molecule has 0 atom stereocenters. The van der Waals surface area contributed by atoms with Crippen molar-refractivity contribution in [3.8, 4) is 0 Å². The molecule has 1 aromatic carbocycles. The highest BCUT2D eigenvalue weighted by Gasteiger charge is 2.21. The Morgan fingerprint density at radius 1 is 1.22 bits per heavy atom. The Kier molecular flexibility index (Phi) is 4.11. The van der Waals surface area contributed by atoms with E-state index in [1.165, 1.54) is 18.2 Å². The van der Waals surface area contributed by atoms with E-state index in [2.05, 4.69) is 4.83 Å². The Bertz CT molecular complexity index is 527.